The largest absolute Gasteiger partial charge is 0.360 e. The van der Waals surface area contributed by atoms with Crippen LogP contribution in [-0.4, -0.2) is 52.1 Å². The van der Waals surface area contributed by atoms with Crippen molar-refractivity contribution in [1.82, 2.24) is 24.9 Å². The fourth-order valence-corrected chi connectivity index (χ4v) is 6.04. The minimum Gasteiger partial charge on any atom is -0.360 e. The van der Waals surface area contributed by atoms with Crippen LogP contribution < -0.4 is 10.6 Å². The second kappa shape index (κ2) is 14.0. The third-order valence-corrected chi connectivity index (χ3v) is 9.71. The smallest absolute Gasteiger partial charge is 0.270 e. The van der Waals surface area contributed by atoms with Crippen LogP contribution in [0.5, 0.6) is 0 Å². The summed E-state index contributed by atoms with van der Waals surface area (Å²) in [5.41, 5.74) is 5.63. The molecule has 2 aromatic heterocycles. The lowest BCUT2D eigenvalue weighted by Crippen LogP contribution is -2.45. The van der Waals surface area contributed by atoms with Crippen LogP contribution >= 0.6 is 27.5 Å². The summed E-state index contributed by atoms with van der Waals surface area (Å²) < 4.78 is 10.1. The van der Waals surface area contributed by atoms with Crippen molar-refractivity contribution in [3.63, 3.8) is 0 Å². The number of halogens is 2. The molecule has 2 aromatic carbocycles. The van der Waals surface area contributed by atoms with Crippen LogP contribution in [0, 0.1) is 13.8 Å². The third-order valence-electron chi connectivity index (χ3n) is 7.14. The molecule has 1 atom stereocenters. The van der Waals surface area contributed by atoms with Gasteiger partial charge in [-0.2, -0.15) is 10.2 Å². The molecule has 0 fully saturated rings. The maximum Gasteiger partial charge on any atom is 0.270 e. The number of anilines is 1. The summed E-state index contributed by atoms with van der Waals surface area (Å²) in [6.45, 7) is 12.2. The van der Waals surface area contributed by atoms with Crippen LogP contribution in [-0.2, 0) is 29.7 Å². The van der Waals surface area contributed by atoms with Gasteiger partial charge in [-0.3, -0.25) is 14.3 Å². The van der Waals surface area contributed by atoms with Crippen LogP contribution in [0.25, 0.3) is 11.1 Å². The van der Waals surface area contributed by atoms with Crippen molar-refractivity contribution in [2.24, 2.45) is 7.05 Å². The van der Waals surface area contributed by atoms with E-state index >= 15 is 0 Å². The molecule has 0 spiro atoms. The van der Waals surface area contributed by atoms with Gasteiger partial charge in [0.1, 0.15) is 18.5 Å². The Balaban J connectivity index is 1.48. The van der Waals surface area contributed by atoms with Crippen LogP contribution in [0.2, 0.25) is 30.7 Å². The third kappa shape index (κ3) is 8.66. The first-order valence-electron chi connectivity index (χ1n) is 14.1. The number of carbonyl (C=O) groups is 2. The predicted molar refractivity (Wildman–Crippen MR) is 177 cm³/mol. The Kier molecular flexibility index (Phi) is 10.6. The molecule has 2 N–H and O–H groups in total. The van der Waals surface area contributed by atoms with E-state index in [0.717, 1.165) is 45.2 Å². The van der Waals surface area contributed by atoms with Crippen molar-refractivity contribution >= 4 is 53.1 Å². The standard InChI is InChI=1S/C31H38BrClN6O3Si/c1-20-29(21(2)39(37-20)19-42-15-16-43(4,5)6)22-7-10-25(11-8-22)35-30(40)27(18-23-17-24(32)9-12-26(23)33)36-31(41)28-13-14-34-38(28)3/h7-14,17,27H,15-16,18-19H2,1-6H3,(H,35,40)(H,36,41)/t27-/m0/s1. The van der Waals surface area contributed by atoms with Gasteiger partial charge in [0.05, 0.1) is 5.69 Å². The number of aromatic nitrogens is 4. The molecule has 2 heterocycles. The summed E-state index contributed by atoms with van der Waals surface area (Å²) >= 11 is 9.89. The minimum atomic E-state index is -1.16. The summed E-state index contributed by atoms with van der Waals surface area (Å²) in [7, 11) is 0.516. The van der Waals surface area contributed by atoms with E-state index in [1.807, 2.05) is 54.9 Å². The number of hydrogen-bond donors (Lipinski definition) is 2. The number of carbonyl (C=O) groups excluding carboxylic acids is 2. The molecular formula is C31H38BrClN6O3Si. The van der Waals surface area contributed by atoms with Crippen LogP contribution in [0.3, 0.4) is 0 Å². The Morgan fingerprint density at radius 1 is 1.09 bits per heavy atom. The summed E-state index contributed by atoms with van der Waals surface area (Å²) in [5, 5.41) is 15.1. The molecule has 12 heteroatoms. The van der Waals surface area contributed by atoms with Gasteiger partial charge in [0, 0.05) is 60.8 Å². The van der Waals surface area contributed by atoms with Gasteiger partial charge in [0.15, 0.2) is 0 Å². The number of benzene rings is 2. The number of amides is 2. The second-order valence-corrected chi connectivity index (χ2v) is 18.7. The Morgan fingerprint density at radius 2 is 1.81 bits per heavy atom. The average molecular weight is 686 g/mol. The zero-order valence-corrected chi connectivity index (χ0v) is 28.7. The summed E-state index contributed by atoms with van der Waals surface area (Å²) in [4.78, 5) is 26.5. The number of nitrogens with one attached hydrogen (secondary N) is 2. The zero-order valence-electron chi connectivity index (χ0n) is 25.4. The molecular weight excluding hydrogens is 648 g/mol. The van der Waals surface area contributed by atoms with E-state index in [-0.39, 0.29) is 12.3 Å². The highest BCUT2D eigenvalue weighted by Gasteiger charge is 2.25. The summed E-state index contributed by atoms with van der Waals surface area (Å²) in [6.07, 6.45) is 1.73. The second-order valence-electron chi connectivity index (χ2n) is 11.8. The van der Waals surface area contributed by atoms with Gasteiger partial charge in [0.25, 0.3) is 5.91 Å². The van der Waals surface area contributed by atoms with E-state index in [1.165, 1.54) is 10.9 Å². The van der Waals surface area contributed by atoms with Crippen molar-refractivity contribution in [3.05, 3.63) is 86.9 Å². The Bertz CT molecular complexity index is 1600. The van der Waals surface area contributed by atoms with E-state index in [9.17, 15) is 9.59 Å². The van der Waals surface area contributed by atoms with Crippen LogP contribution in [0.4, 0.5) is 5.69 Å². The molecule has 0 aliphatic heterocycles. The van der Waals surface area contributed by atoms with Gasteiger partial charge in [-0.1, -0.05) is 59.3 Å². The van der Waals surface area contributed by atoms with E-state index in [2.05, 4.69) is 51.3 Å². The summed E-state index contributed by atoms with van der Waals surface area (Å²) in [6, 6.07) is 14.8. The van der Waals surface area contributed by atoms with E-state index in [4.69, 9.17) is 21.4 Å². The molecule has 9 nitrogen and oxygen atoms in total. The lowest BCUT2D eigenvalue weighted by Gasteiger charge is -2.20. The first-order valence-corrected chi connectivity index (χ1v) is 19.0. The van der Waals surface area contributed by atoms with Gasteiger partial charge in [-0.15, -0.1) is 0 Å². The number of rotatable bonds is 12. The molecule has 0 radical (unpaired) electrons. The molecule has 4 aromatic rings. The first kappa shape index (κ1) is 32.7. The van der Waals surface area contributed by atoms with Crippen molar-refractivity contribution in [2.75, 3.05) is 11.9 Å². The normalized spacial score (nSPS) is 12.3. The minimum absolute atomic E-state index is 0.198. The van der Waals surface area contributed by atoms with Gasteiger partial charge in [-0.25, -0.2) is 4.68 Å². The van der Waals surface area contributed by atoms with E-state index < -0.39 is 20.0 Å². The fraction of sp³-hybridized carbons (Fsp3) is 0.355. The fourth-order valence-electron chi connectivity index (χ4n) is 4.68. The van der Waals surface area contributed by atoms with Gasteiger partial charge >= 0.3 is 0 Å². The number of aryl methyl sites for hydroxylation is 2. The lowest BCUT2D eigenvalue weighted by atomic mass is 10.0. The maximum absolute atomic E-state index is 13.5. The molecule has 228 valence electrons. The highest BCUT2D eigenvalue weighted by molar-refractivity contribution is 9.10. The Hall–Kier alpha value is -3.25. The lowest BCUT2D eigenvalue weighted by molar-refractivity contribution is -0.118. The average Bonchev–Trinajstić information content (AvgIpc) is 3.49. The highest BCUT2D eigenvalue weighted by Crippen LogP contribution is 2.28. The SMILES string of the molecule is Cc1nn(COCC[Si](C)(C)C)c(C)c1-c1ccc(NC(=O)[C@H](Cc2cc(Br)ccc2Cl)NC(=O)c2ccnn2C)cc1. The molecule has 2 amide bonds. The predicted octanol–water partition coefficient (Wildman–Crippen LogP) is 6.61. The van der Waals surface area contributed by atoms with Gasteiger partial charge < -0.3 is 15.4 Å². The zero-order chi connectivity index (χ0) is 31.3. The molecule has 43 heavy (non-hydrogen) atoms. The van der Waals surface area contributed by atoms with Crippen LogP contribution in [0.15, 0.2) is 59.2 Å². The first-order chi connectivity index (χ1) is 20.3. The maximum atomic E-state index is 13.5. The van der Waals surface area contributed by atoms with E-state index in [0.29, 0.717) is 23.1 Å². The van der Waals surface area contributed by atoms with Crippen LogP contribution in [0.1, 0.15) is 27.4 Å². The molecule has 0 unspecified atom stereocenters. The molecule has 0 saturated carbocycles. The molecule has 4 rings (SSSR count). The van der Waals surface area contributed by atoms with Crippen molar-refractivity contribution in [2.45, 2.75) is 58.7 Å². The molecule has 0 saturated heterocycles. The Labute approximate surface area is 267 Å². The van der Waals surface area contributed by atoms with Gasteiger partial charge in [0.2, 0.25) is 5.91 Å². The molecule has 0 aliphatic carbocycles. The molecule has 0 bridgehead atoms. The molecule has 0 aliphatic rings. The number of ether oxygens (including phenoxy) is 1. The van der Waals surface area contributed by atoms with Crippen molar-refractivity contribution < 1.29 is 14.3 Å². The number of nitrogens with zero attached hydrogens (tertiary/aromatic N) is 4. The van der Waals surface area contributed by atoms with Gasteiger partial charge in [-0.05, 0) is 67.4 Å². The van der Waals surface area contributed by atoms with Crippen molar-refractivity contribution in [1.29, 1.82) is 0 Å². The highest BCUT2D eigenvalue weighted by atomic mass is 79.9. The quantitative estimate of drug-likeness (QED) is 0.129. The number of hydrogen-bond acceptors (Lipinski definition) is 5. The summed E-state index contributed by atoms with van der Waals surface area (Å²) in [5.74, 6) is -0.774. The monoisotopic (exact) mass is 684 g/mol. The Morgan fingerprint density at radius 3 is 2.47 bits per heavy atom. The van der Waals surface area contributed by atoms with Crippen molar-refractivity contribution in [3.8, 4) is 11.1 Å². The topological polar surface area (TPSA) is 103 Å². The van der Waals surface area contributed by atoms with E-state index in [1.54, 1.807) is 19.2 Å².